The van der Waals surface area contributed by atoms with Gasteiger partial charge in [-0.3, -0.25) is 4.90 Å². The number of likely N-dealkylation sites (tertiary alicyclic amines) is 1. The zero-order valence-corrected chi connectivity index (χ0v) is 11.4. The second kappa shape index (κ2) is 6.29. The molecule has 1 saturated heterocycles. The van der Waals surface area contributed by atoms with E-state index in [4.69, 9.17) is 10.3 Å². The number of nitrogens with two attached hydrogens (primary N) is 1. The third-order valence-corrected chi connectivity index (χ3v) is 3.64. The van der Waals surface area contributed by atoms with Crippen LogP contribution in [0.15, 0.2) is 4.52 Å². The summed E-state index contributed by atoms with van der Waals surface area (Å²) in [5.74, 6) is 2.69. The Bertz CT molecular complexity index is 356. The molecule has 102 valence electrons. The minimum atomic E-state index is 0.331. The Balaban J connectivity index is 1.80. The van der Waals surface area contributed by atoms with Crippen molar-refractivity contribution in [1.82, 2.24) is 15.0 Å². The number of hydrogen-bond acceptors (Lipinski definition) is 5. The number of hydrogen-bond donors (Lipinski definition) is 1. The summed E-state index contributed by atoms with van der Waals surface area (Å²) < 4.78 is 5.28. The zero-order chi connectivity index (χ0) is 13.0. The molecule has 2 heterocycles. The minimum Gasteiger partial charge on any atom is -0.338 e. The fourth-order valence-corrected chi connectivity index (χ4v) is 2.43. The van der Waals surface area contributed by atoms with E-state index in [2.05, 4.69) is 28.9 Å². The summed E-state index contributed by atoms with van der Waals surface area (Å²) in [6.45, 7) is 7.98. The molecule has 0 aromatic carbocycles. The predicted octanol–water partition coefficient (Wildman–Crippen LogP) is 1.75. The van der Waals surface area contributed by atoms with Gasteiger partial charge in [0.15, 0.2) is 5.82 Å². The lowest BCUT2D eigenvalue weighted by atomic mass is 9.94. The van der Waals surface area contributed by atoms with Crippen molar-refractivity contribution in [3.63, 3.8) is 0 Å². The van der Waals surface area contributed by atoms with Crippen LogP contribution in [0.4, 0.5) is 0 Å². The molecule has 0 bridgehead atoms. The van der Waals surface area contributed by atoms with Crippen LogP contribution in [-0.2, 0) is 6.54 Å². The lowest BCUT2D eigenvalue weighted by Crippen LogP contribution is -2.33. The highest BCUT2D eigenvalue weighted by Gasteiger charge is 2.20. The number of rotatable bonds is 5. The summed E-state index contributed by atoms with van der Waals surface area (Å²) in [6.07, 6.45) is 3.64. The van der Waals surface area contributed by atoms with Crippen molar-refractivity contribution in [1.29, 1.82) is 0 Å². The molecular weight excluding hydrogens is 228 g/mol. The van der Waals surface area contributed by atoms with Crippen LogP contribution in [0.5, 0.6) is 0 Å². The van der Waals surface area contributed by atoms with Gasteiger partial charge in [-0.15, -0.1) is 0 Å². The van der Waals surface area contributed by atoms with Crippen LogP contribution in [0.1, 0.15) is 50.7 Å². The van der Waals surface area contributed by atoms with Crippen LogP contribution in [-0.4, -0.2) is 34.7 Å². The van der Waals surface area contributed by atoms with Gasteiger partial charge in [0, 0.05) is 5.92 Å². The summed E-state index contributed by atoms with van der Waals surface area (Å²) >= 11 is 0. The summed E-state index contributed by atoms with van der Waals surface area (Å²) in [6, 6.07) is 0. The molecule has 1 aromatic heterocycles. The quantitative estimate of drug-likeness (QED) is 0.864. The smallest absolute Gasteiger partial charge is 0.240 e. The maximum atomic E-state index is 5.60. The van der Waals surface area contributed by atoms with Crippen molar-refractivity contribution in [2.75, 3.05) is 19.6 Å². The summed E-state index contributed by atoms with van der Waals surface area (Å²) in [5, 5.41) is 4.00. The van der Waals surface area contributed by atoms with Gasteiger partial charge in [0.05, 0.1) is 6.54 Å². The van der Waals surface area contributed by atoms with Gasteiger partial charge in [0.1, 0.15) is 0 Å². The summed E-state index contributed by atoms with van der Waals surface area (Å²) in [5.41, 5.74) is 5.60. The Morgan fingerprint density at radius 3 is 2.67 bits per heavy atom. The average Bonchev–Trinajstić information content (AvgIpc) is 2.81. The van der Waals surface area contributed by atoms with Crippen LogP contribution in [0.25, 0.3) is 0 Å². The number of nitrogens with zero attached hydrogens (tertiary/aromatic N) is 3. The SMILES string of the molecule is CC(C)c1noc(CN2CCC(CCN)CC2)n1. The van der Waals surface area contributed by atoms with Crippen molar-refractivity contribution in [2.45, 2.75) is 45.6 Å². The fraction of sp³-hybridized carbons (Fsp3) is 0.846. The van der Waals surface area contributed by atoms with E-state index in [9.17, 15) is 0 Å². The third-order valence-electron chi connectivity index (χ3n) is 3.64. The van der Waals surface area contributed by atoms with Crippen molar-refractivity contribution < 1.29 is 4.52 Å². The molecule has 5 heteroatoms. The lowest BCUT2D eigenvalue weighted by molar-refractivity contribution is 0.156. The van der Waals surface area contributed by atoms with Crippen LogP contribution in [0.3, 0.4) is 0 Å². The van der Waals surface area contributed by atoms with E-state index in [0.717, 1.165) is 50.2 Å². The van der Waals surface area contributed by atoms with Crippen molar-refractivity contribution in [3.8, 4) is 0 Å². The van der Waals surface area contributed by atoms with Crippen LogP contribution >= 0.6 is 0 Å². The first kappa shape index (κ1) is 13.5. The Hall–Kier alpha value is -0.940. The molecule has 0 radical (unpaired) electrons. The van der Waals surface area contributed by atoms with Gasteiger partial charge in [-0.1, -0.05) is 19.0 Å². The molecule has 1 fully saturated rings. The van der Waals surface area contributed by atoms with Crippen molar-refractivity contribution >= 4 is 0 Å². The maximum Gasteiger partial charge on any atom is 0.240 e. The van der Waals surface area contributed by atoms with Crippen LogP contribution in [0.2, 0.25) is 0 Å². The van der Waals surface area contributed by atoms with E-state index in [-0.39, 0.29) is 0 Å². The topological polar surface area (TPSA) is 68.2 Å². The van der Waals surface area contributed by atoms with Crippen molar-refractivity contribution in [2.24, 2.45) is 11.7 Å². The maximum absolute atomic E-state index is 5.60. The second-order valence-electron chi connectivity index (χ2n) is 5.50. The Kier molecular flexibility index (Phi) is 4.72. The minimum absolute atomic E-state index is 0.331. The van der Waals surface area contributed by atoms with Crippen molar-refractivity contribution in [3.05, 3.63) is 11.7 Å². The molecule has 0 aliphatic carbocycles. The molecule has 1 aromatic rings. The van der Waals surface area contributed by atoms with Gasteiger partial charge in [-0.05, 0) is 44.8 Å². The van der Waals surface area contributed by atoms with E-state index >= 15 is 0 Å². The molecular formula is C13H24N4O. The summed E-state index contributed by atoms with van der Waals surface area (Å²) in [4.78, 5) is 6.81. The highest BCUT2D eigenvalue weighted by molar-refractivity contribution is 4.92. The van der Waals surface area contributed by atoms with E-state index in [0.29, 0.717) is 5.92 Å². The highest BCUT2D eigenvalue weighted by Crippen LogP contribution is 2.21. The monoisotopic (exact) mass is 252 g/mol. The highest BCUT2D eigenvalue weighted by atomic mass is 16.5. The van der Waals surface area contributed by atoms with Gasteiger partial charge >= 0.3 is 0 Å². The molecule has 0 atom stereocenters. The van der Waals surface area contributed by atoms with Gasteiger partial charge in [-0.2, -0.15) is 4.98 Å². The number of piperidine rings is 1. The van der Waals surface area contributed by atoms with Crippen LogP contribution in [0, 0.1) is 5.92 Å². The average molecular weight is 252 g/mol. The van der Waals surface area contributed by atoms with Gasteiger partial charge in [-0.25, -0.2) is 0 Å². The van der Waals surface area contributed by atoms with E-state index in [1.807, 2.05) is 0 Å². The van der Waals surface area contributed by atoms with Gasteiger partial charge in [0.2, 0.25) is 5.89 Å². The first-order chi connectivity index (χ1) is 8.69. The molecule has 1 aliphatic rings. The predicted molar refractivity (Wildman–Crippen MR) is 70.1 cm³/mol. The second-order valence-corrected chi connectivity index (χ2v) is 5.50. The van der Waals surface area contributed by atoms with Gasteiger partial charge in [0.25, 0.3) is 0 Å². The molecule has 1 aliphatic heterocycles. The number of aromatic nitrogens is 2. The standard InChI is InChI=1S/C13H24N4O/c1-10(2)13-15-12(18-16-13)9-17-7-4-11(3-6-14)5-8-17/h10-11H,3-9,14H2,1-2H3. The molecule has 2 N–H and O–H groups in total. The molecule has 18 heavy (non-hydrogen) atoms. The molecule has 0 unspecified atom stereocenters. The molecule has 0 saturated carbocycles. The largest absolute Gasteiger partial charge is 0.338 e. The lowest BCUT2D eigenvalue weighted by Gasteiger charge is -2.30. The Morgan fingerprint density at radius 2 is 2.11 bits per heavy atom. The zero-order valence-electron chi connectivity index (χ0n) is 11.4. The molecule has 2 rings (SSSR count). The molecule has 5 nitrogen and oxygen atoms in total. The molecule has 0 amide bonds. The van der Waals surface area contributed by atoms with E-state index in [1.54, 1.807) is 0 Å². The normalized spacial score (nSPS) is 18.7. The van der Waals surface area contributed by atoms with Crippen LogP contribution < -0.4 is 5.73 Å². The third kappa shape index (κ3) is 3.53. The Labute approximate surface area is 109 Å². The Morgan fingerprint density at radius 1 is 1.39 bits per heavy atom. The first-order valence-electron chi connectivity index (χ1n) is 6.94. The van der Waals surface area contributed by atoms with E-state index in [1.165, 1.54) is 12.8 Å². The fourth-order valence-electron chi connectivity index (χ4n) is 2.43. The first-order valence-corrected chi connectivity index (χ1v) is 6.94. The van der Waals surface area contributed by atoms with Gasteiger partial charge < -0.3 is 10.3 Å². The summed E-state index contributed by atoms with van der Waals surface area (Å²) in [7, 11) is 0. The molecule has 0 spiro atoms. The van der Waals surface area contributed by atoms with E-state index < -0.39 is 0 Å².